The van der Waals surface area contributed by atoms with E-state index < -0.39 is 5.60 Å². The van der Waals surface area contributed by atoms with Gasteiger partial charge in [-0.25, -0.2) is 0 Å². The van der Waals surface area contributed by atoms with E-state index in [1.54, 1.807) is 17.9 Å². The fourth-order valence-electron chi connectivity index (χ4n) is 2.25. The van der Waals surface area contributed by atoms with E-state index in [-0.39, 0.29) is 5.91 Å². The molecule has 4 N–H and O–H groups in total. The van der Waals surface area contributed by atoms with E-state index in [0.717, 1.165) is 5.56 Å². The number of nitrogen functional groups attached to an aromatic ring is 1. The van der Waals surface area contributed by atoms with Crippen LogP contribution in [0, 0.1) is 6.92 Å². The number of anilines is 1. The quantitative estimate of drug-likeness (QED) is 0.537. The molecule has 18 heavy (non-hydrogen) atoms. The zero-order chi connectivity index (χ0) is 13.3. The van der Waals surface area contributed by atoms with Gasteiger partial charge in [0.2, 0.25) is 0 Å². The SMILES string of the molecule is Cc1ccc(C(=O)N2CCC(C)(O)C2)c(NN)c1. The number of aryl methyl sites for hydroxylation is 1. The number of rotatable bonds is 2. The molecule has 5 heteroatoms. The Kier molecular flexibility index (Phi) is 3.28. The maximum Gasteiger partial charge on any atom is 0.256 e. The van der Waals surface area contributed by atoms with Gasteiger partial charge in [0.15, 0.2) is 0 Å². The Morgan fingerprint density at radius 2 is 2.28 bits per heavy atom. The number of carbonyl (C=O) groups is 1. The van der Waals surface area contributed by atoms with Crippen molar-refractivity contribution in [2.45, 2.75) is 25.9 Å². The van der Waals surface area contributed by atoms with Gasteiger partial charge < -0.3 is 15.4 Å². The summed E-state index contributed by atoms with van der Waals surface area (Å²) in [6, 6.07) is 5.48. The molecule has 1 aromatic carbocycles. The van der Waals surface area contributed by atoms with Crippen LogP contribution in [0.4, 0.5) is 5.69 Å². The molecule has 5 nitrogen and oxygen atoms in total. The monoisotopic (exact) mass is 249 g/mol. The molecule has 0 radical (unpaired) electrons. The van der Waals surface area contributed by atoms with Gasteiger partial charge in [0.05, 0.1) is 16.9 Å². The van der Waals surface area contributed by atoms with Crippen molar-refractivity contribution < 1.29 is 9.90 Å². The molecule has 0 bridgehead atoms. The highest BCUT2D eigenvalue weighted by molar-refractivity contribution is 5.99. The van der Waals surface area contributed by atoms with E-state index in [1.807, 2.05) is 19.1 Å². The molecule has 0 aliphatic carbocycles. The number of nitrogens with zero attached hydrogens (tertiary/aromatic N) is 1. The Hall–Kier alpha value is -1.59. The highest BCUT2D eigenvalue weighted by Gasteiger charge is 2.34. The number of hydrogen-bond donors (Lipinski definition) is 3. The molecular formula is C13H19N3O2. The van der Waals surface area contributed by atoms with Crippen molar-refractivity contribution in [1.82, 2.24) is 4.90 Å². The number of β-amino-alcohol motifs (C(OH)–C–C–N with tert-alkyl or cyclic N) is 1. The maximum atomic E-state index is 12.3. The summed E-state index contributed by atoms with van der Waals surface area (Å²) in [4.78, 5) is 14.0. The summed E-state index contributed by atoms with van der Waals surface area (Å²) in [5.41, 5.74) is 3.97. The first-order valence-electron chi connectivity index (χ1n) is 6.02. The zero-order valence-electron chi connectivity index (χ0n) is 10.7. The predicted octanol–water partition coefficient (Wildman–Crippen LogP) is 0.878. The third kappa shape index (κ3) is 2.47. The van der Waals surface area contributed by atoms with Gasteiger partial charge in [-0.1, -0.05) is 6.07 Å². The summed E-state index contributed by atoms with van der Waals surface area (Å²) < 4.78 is 0. The van der Waals surface area contributed by atoms with Gasteiger partial charge in [-0.2, -0.15) is 0 Å². The van der Waals surface area contributed by atoms with Gasteiger partial charge in [0, 0.05) is 13.1 Å². The van der Waals surface area contributed by atoms with Crippen molar-refractivity contribution in [2.75, 3.05) is 18.5 Å². The van der Waals surface area contributed by atoms with Crippen LogP contribution in [-0.2, 0) is 0 Å². The third-order valence-electron chi connectivity index (χ3n) is 3.30. The smallest absolute Gasteiger partial charge is 0.256 e. The molecule has 0 saturated carbocycles. The molecule has 1 amide bonds. The first kappa shape index (κ1) is 12.9. The van der Waals surface area contributed by atoms with E-state index in [4.69, 9.17) is 5.84 Å². The normalized spacial score (nSPS) is 23.2. The second kappa shape index (κ2) is 4.59. The van der Waals surface area contributed by atoms with E-state index in [9.17, 15) is 9.90 Å². The van der Waals surface area contributed by atoms with Crippen LogP contribution >= 0.6 is 0 Å². The van der Waals surface area contributed by atoms with Gasteiger partial charge in [-0.05, 0) is 38.0 Å². The number of likely N-dealkylation sites (tertiary alicyclic amines) is 1. The molecule has 0 aromatic heterocycles. The molecule has 1 aromatic rings. The molecule has 1 aliphatic rings. The summed E-state index contributed by atoms with van der Waals surface area (Å²) in [6.45, 7) is 4.63. The topological polar surface area (TPSA) is 78.6 Å². The molecule has 2 rings (SSSR count). The van der Waals surface area contributed by atoms with E-state index >= 15 is 0 Å². The van der Waals surface area contributed by atoms with Crippen LogP contribution in [0.5, 0.6) is 0 Å². The lowest BCUT2D eigenvalue weighted by Crippen LogP contribution is -2.34. The minimum Gasteiger partial charge on any atom is -0.388 e. The molecule has 1 saturated heterocycles. The third-order valence-corrected chi connectivity index (χ3v) is 3.30. The zero-order valence-corrected chi connectivity index (χ0v) is 10.7. The summed E-state index contributed by atoms with van der Waals surface area (Å²) in [7, 11) is 0. The van der Waals surface area contributed by atoms with Crippen molar-refractivity contribution in [1.29, 1.82) is 0 Å². The van der Waals surface area contributed by atoms with E-state index in [0.29, 0.717) is 30.8 Å². The molecule has 1 atom stereocenters. The summed E-state index contributed by atoms with van der Waals surface area (Å²) >= 11 is 0. The standard InChI is InChI=1S/C13H19N3O2/c1-9-3-4-10(11(7-9)15-14)12(17)16-6-5-13(2,18)8-16/h3-4,7,15,18H,5-6,8,14H2,1-2H3. The molecule has 1 fully saturated rings. The predicted molar refractivity (Wildman–Crippen MR) is 70.1 cm³/mol. The van der Waals surface area contributed by atoms with Crippen LogP contribution in [0.15, 0.2) is 18.2 Å². The highest BCUT2D eigenvalue weighted by Crippen LogP contribution is 2.25. The van der Waals surface area contributed by atoms with E-state index in [2.05, 4.69) is 5.43 Å². The van der Waals surface area contributed by atoms with Crippen molar-refractivity contribution in [2.24, 2.45) is 5.84 Å². The Labute approximate surface area is 107 Å². The van der Waals surface area contributed by atoms with Crippen LogP contribution in [0.25, 0.3) is 0 Å². The fourth-order valence-corrected chi connectivity index (χ4v) is 2.25. The molecule has 1 heterocycles. The Bertz CT molecular complexity index is 471. The highest BCUT2D eigenvalue weighted by atomic mass is 16.3. The summed E-state index contributed by atoms with van der Waals surface area (Å²) in [5, 5.41) is 9.90. The van der Waals surface area contributed by atoms with Crippen LogP contribution in [0.1, 0.15) is 29.3 Å². The molecule has 1 aliphatic heterocycles. The number of amides is 1. The molecule has 1 unspecified atom stereocenters. The number of benzene rings is 1. The minimum atomic E-state index is -0.781. The van der Waals surface area contributed by atoms with Gasteiger partial charge in [0.25, 0.3) is 5.91 Å². The fraction of sp³-hybridized carbons (Fsp3) is 0.462. The average Bonchev–Trinajstić information content (AvgIpc) is 2.68. The molecular weight excluding hydrogens is 230 g/mol. The largest absolute Gasteiger partial charge is 0.388 e. The van der Waals surface area contributed by atoms with Crippen LogP contribution < -0.4 is 11.3 Å². The molecule has 98 valence electrons. The summed E-state index contributed by atoms with van der Waals surface area (Å²) in [5.74, 6) is 5.34. The Morgan fingerprint density at radius 1 is 1.56 bits per heavy atom. The lowest BCUT2D eigenvalue weighted by Gasteiger charge is -2.20. The Balaban J connectivity index is 2.24. The first-order chi connectivity index (χ1) is 8.43. The van der Waals surface area contributed by atoms with Gasteiger partial charge >= 0.3 is 0 Å². The van der Waals surface area contributed by atoms with E-state index in [1.165, 1.54) is 0 Å². The lowest BCUT2D eigenvalue weighted by molar-refractivity contribution is 0.0572. The second-order valence-electron chi connectivity index (χ2n) is 5.17. The van der Waals surface area contributed by atoms with Gasteiger partial charge in [0.1, 0.15) is 0 Å². The average molecular weight is 249 g/mol. The lowest BCUT2D eigenvalue weighted by atomic mass is 10.1. The van der Waals surface area contributed by atoms with Gasteiger partial charge in [-0.3, -0.25) is 10.6 Å². The van der Waals surface area contributed by atoms with Gasteiger partial charge in [-0.15, -0.1) is 0 Å². The summed E-state index contributed by atoms with van der Waals surface area (Å²) in [6.07, 6.45) is 0.607. The minimum absolute atomic E-state index is 0.0966. The number of carbonyl (C=O) groups excluding carboxylic acids is 1. The first-order valence-corrected chi connectivity index (χ1v) is 6.02. The number of aliphatic hydroxyl groups is 1. The van der Waals surface area contributed by atoms with Crippen LogP contribution in [0.2, 0.25) is 0 Å². The van der Waals surface area contributed by atoms with Crippen LogP contribution in [-0.4, -0.2) is 34.6 Å². The van der Waals surface area contributed by atoms with Crippen LogP contribution in [0.3, 0.4) is 0 Å². The maximum absolute atomic E-state index is 12.3. The number of nitrogens with one attached hydrogen (secondary N) is 1. The Morgan fingerprint density at radius 3 is 2.83 bits per heavy atom. The number of hydrazine groups is 1. The number of hydrogen-bond acceptors (Lipinski definition) is 4. The van der Waals surface area contributed by atoms with Crippen molar-refractivity contribution in [3.63, 3.8) is 0 Å². The molecule has 0 spiro atoms. The second-order valence-corrected chi connectivity index (χ2v) is 5.17. The number of nitrogens with two attached hydrogens (primary N) is 1. The van der Waals surface area contributed by atoms with Crippen molar-refractivity contribution in [3.05, 3.63) is 29.3 Å². The van der Waals surface area contributed by atoms with Crippen molar-refractivity contribution in [3.8, 4) is 0 Å². The van der Waals surface area contributed by atoms with Crippen molar-refractivity contribution >= 4 is 11.6 Å².